The lowest BCUT2D eigenvalue weighted by atomic mass is 9.97. The molecule has 1 saturated heterocycles. The molecule has 0 radical (unpaired) electrons. The van der Waals surface area contributed by atoms with Crippen molar-refractivity contribution in [3.05, 3.63) is 64.7 Å². The van der Waals surface area contributed by atoms with Crippen LogP contribution >= 0.6 is 11.6 Å². The molecule has 2 aromatic rings. The lowest BCUT2D eigenvalue weighted by molar-refractivity contribution is -0.149. The molecule has 8 heteroatoms. The topological polar surface area (TPSA) is 71.4 Å². The molecule has 2 heterocycles. The number of hydrazone groups is 1. The molecular formula is C26H30ClN3O4. The molecule has 1 atom stereocenters. The van der Waals surface area contributed by atoms with Crippen LogP contribution in [0.2, 0.25) is 5.02 Å². The van der Waals surface area contributed by atoms with E-state index in [1.807, 2.05) is 55.5 Å². The van der Waals surface area contributed by atoms with Gasteiger partial charge < -0.3 is 9.47 Å². The van der Waals surface area contributed by atoms with E-state index in [9.17, 15) is 9.59 Å². The van der Waals surface area contributed by atoms with E-state index in [2.05, 4.69) is 4.90 Å². The predicted molar refractivity (Wildman–Crippen MR) is 131 cm³/mol. The summed E-state index contributed by atoms with van der Waals surface area (Å²) in [5, 5.41) is 7.02. The van der Waals surface area contributed by atoms with Crippen molar-refractivity contribution < 1.29 is 19.1 Å². The zero-order valence-electron chi connectivity index (χ0n) is 19.6. The summed E-state index contributed by atoms with van der Waals surface area (Å²) in [6.07, 6.45) is 2.00. The van der Waals surface area contributed by atoms with Crippen molar-refractivity contribution in [2.24, 2.45) is 11.0 Å². The van der Waals surface area contributed by atoms with Crippen LogP contribution in [0.5, 0.6) is 5.75 Å². The number of esters is 1. The fourth-order valence-electron chi connectivity index (χ4n) is 4.51. The molecule has 0 spiro atoms. The van der Waals surface area contributed by atoms with Gasteiger partial charge in [-0.05, 0) is 62.7 Å². The Morgan fingerprint density at radius 2 is 1.85 bits per heavy atom. The number of hydrogen-bond donors (Lipinski definition) is 0. The summed E-state index contributed by atoms with van der Waals surface area (Å²) in [4.78, 5) is 27.5. The average molecular weight is 484 g/mol. The Labute approximate surface area is 205 Å². The van der Waals surface area contributed by atoms with E-state index in [4.69, 9.17) is 26.2 Å². The highest BCUT2D eigenvalue weighted by Crippen LogP contribution is 2.34. The van der Waals surface area contributed by atoms with Crippen LogP contribution in [0.4, 0.5) is 0 Å². The molecule has 0 saturated carbocycles. The quantitative estimate of drug-likeness (QED) is 0.549. The summed E-state index contributed by atoms with van der Waals surface area (Å²) in [6, 6.07) is 15.1. The molecule has 2 aromatic carbocycles. The minimum Gasteiger partial charge on any atom is -0.497 e. The first kappa shape index (κ1) is 24.2. The Bertz CT molecular complexity index is 1050. The Kier molecular flexibility index (Phi) is 7.85. The van der Waals surface area contributed by atoms with E-state index < -0.39 is 0 Å². The Morgan fingerprint density at radius 3 is 2.53 bits per heavy atom. The van der Waals surface area contributed by atoms with Gasteiger partial charge in [0.2, 0.25) is 0 Å². The van der Waals surface area contributed by atoms with E-state index >= 15 is 0 Å². The lowest BCUT2D eigenvalue weighted by Crippen LogP contribution is -2.43. The number of hydrogen-bond acceptors (Lipinski definition) is 6. The SMILES string of the molecule is CCOC(=O)C1CCN(CC(=O)N2N=C(c3cccc(OC)c3)C[C@@H]2c2ccc(Cl)cc2)CC1. The largest absolute Gasteiger partial charge is 0.497 e. The summed E-state index contributed by atoms with van der Waals surface area (Å²) in [5.41, 5.74) is 2.76. The number of nitrogens with zero attached hydrogens (tertiary/aromatic N) is 3. The molecule has 2 aliphatic rings. The van der Waals surface area contributed by atoms with Crippen LogP contribution in [0.1, 0.15) is 43.4 Å². The number of carbonyl (C=O) groups excluding carboxylic acids is 2. The highest BCUT2D eigenvalue weighted by molar-refractivity contribution is 6.30. The minimum atomic E-state index is -0.206. The number of methoxy groups -OCH3 is 1. The first-order chi connectivity index (χ1) is 16.5. The van der Waals surface area contributed by atoms with E-state index in [0.717, 1.165) is 22.6 Å². The van der Waals surface area contributed by atoms with Gasteiger partial charge in [-0.25, -0.2) is 5.01 Å². The normalized spacial score (nSPS) is 19.1. The summed E-state index contributed by atoms with van der Waals surface area (Å²) in [5.74, 6) is 0.464. The maximum absolute atomic E-state index is 13.4. The number of carbonyl (C=O) groups is 2. The standard InChI is InChI=1S/C26H30ClN3O4/c1-3-34-26(32)19-11-13-29(14-12-19)17-25(31)30-24(18-7-9-21(27)10-8-18)16-23(28-30)20-5-4-6-22(15-20)33-2/h4-10,15,19,24H,3,11-14,16-17H2,1-2H3/t24-/m1/s1. The smallest absolute Gasteiger partial charge is 0.309 e. The lowest BCUT2D eigenvalue weighted by Gasteiger charge is -2.31. The van der Waals surface area contributed by atoms with Gasteiger partial charge >= 0.3 is 5.97 Å². The summed E-state index contributed by atoms with van der Waals surface area (Å²) < 4.78 is 10.5. The zero-order chi connectivity index (χ0) is 24.1. The predicted octanol–water partition coefficient (Wildman–Crippen LogP) is 4.30. The van der Waals surface area contributed by atoms with Crippen molar-refractivity contribution >= 4 is 29.2 Å². The van der Waals surface area contributed by atoms with Gasteiger partial charge in [0.25, 0.3) is 5.91 Å². The number of piperidine rings is 1. The first-order valence-corrected chi connectivity index (χ1v) is 12.0. The van der Waals surface area contributed by atoms with Crippen LogP contribution in [0, 0.1) is 5.92 Å². The number of rotatable bonds is 7. The van der Waals surface area contributed by atoms with Gasteiger partial charge in [0.05, 0.1) is 37.9 Å². The molecule has 0 bridgehead atoms. The molecule has 4 rings (SSSR count). The third-order valence-electron chi connectivity index (χ3n) is 6.39. The number of ether oxygens (including phenoxy) is 2. The van der Waals surface area contributed by atoms with Crippen LogP contribution in [-0.4, -0.2) is 60.8 Å². The van der Waals surface area contributed by atoms with Gasteiger partial charge in [-0.15, -0.1) is 0 Å². The Balaban J connectivity index is 1.50. The van der Waals surface area contributed by atoms with Gasteiger partial charge in [-0.2, -0.15) is 5.10 Å². The summed E-state index contributed by atoms with van der Waals surface area (Å²) in [7, 11) is 1.63. The molecule has 34 heavy (non-hydrogen) atoms. The number of likely N-dealkylation sites (tertiary alicyclic amines) is 1. The van der Waals surface area contributed by atoms with Crippen LogP contribution in [-0.2, 0) is 14.3 Å². The fraction of sp³-hybridized carbons (Fsp3) is 0.423. The Hall–Kier alpha value is -2.90. The number of benzene rings is 2. The van der Waals surface area contributed by atoms with Crippen LogP contribution in [0.15, 0.2) is 53.6 Å². The molecular weight excluding hydrogens is 454 g/mol. The van der Waals surface area contributed by atoms with E-state index in [1.54, 1.807) is 12.1 Å². The molecule has 7 nitrogen and oxygen atoms in total. The average Bonchev–Trinajstić information content (AvgIpc) is 3.31. The van der Waals surface area contributed by atoms with Crippen LogP contribution < -0.4 is 4.74 Å². The van der Waals surface area contributed by atoms with Gasteiger partial charge in [-0.1, -0.05) is 35.9 Å². The van der Waals surface area contributed by atoms with Gasteiger partial charge in [-0.3, -0.25) is 14.5 Å². The van der Waals surface area contributed by atoms with Crippen molar-refractivity contribution in [1.29, 1.82) is 0 Å². The minimum absolute atomic E-state index is 0.0626. The second-order valence-corrected chi connectivity index (χ2v) is 9.03. The van der Waals surface area contributed by atoms with Crippen molar-refractivity contribution in [1.82, 2.24) is 9.91 Å². The second kappa shape index (κ2) is 11.0. The molecule has 0 aliphatic carbocycles. The van der Waals surface area contributed by atoms with Crippen molar-refractivity contribution in [2.75, 3.05) is 33.4 Å². The van der Waals surface area contributed by atoms with Crippen molar-refractivity contribution in [3.8, 4) is 5.75 Å². The van der Waals surface area contributed by atoms with Gasteiger partial charge in [0.15, 0.2) is 0 Å². The highest BCUT2D eigenvalue weighted by Gasteiger charge is 2.35. The Morgan fingerprint density at radius 1 is 1.12 bits per heavy atom. The monoisotopic (exact) mass is 483 g/mol. The van der Waals surface area contributed by atoms with E-state index in [0.29, 0.717) is 44.0 Å². The maximum atomic E-state index is 13.4. The van der Waals surface area contributed by atoms with Crippen LogP contribution in [0.3, 0.4) is 0 Å². The second-order valence-electron chi connectivity index (χ2n) is 8.59. The molecule has 0 aromatic heterocycles. The molecule has 0 unspecified atom stereocenters. The number of halogens is 1. The summed E-state index contributed by atoms with van der Waals surface area (Å²) >= 11 is 6.10. The van der Waals surface area contributed by atoms with Crippen molar-refractivity contribution in [2.45, 2.75) is 32.2 Å². The van der Waals surface area contributed by atoms with Crippen molar-refractivity contribution in [3.63, 3.8) is 0 Å². The molecule has 1 amide bonds. The number of amides is 1. The zero-order valence-corrected chi connectivity index (χ0v) is 20.3. The van der Waals surface area contributed by atoms with E-state index in [1.165, 1.54) is 0 Å². The van der Waals surface area contributed by atoms with Gasteiger partial charge in [0.1, 0.15) is 5.75 Å². The molecule has 1 fully saturated rings. The van der Waals surface area contributed by atoms with E-state index in [-0.39, 0.29) is 30.4 Å². The summed E-state index contributed by atoms with van der Waals surface area (Å²) in [6.45, 7) is 3.84. The van der Waals surface area contributed by atoms with Gasteiger partial charge in [0, 0.05) is 17.0 Å². The fourth-order valence-corrected chi connectivity index (χ4v) is 4.64. The third-order valence-corrected chi connectivity index (χ3v) is 6.64. The third kappa shape index (κ3) is 5.59. The van der Waals surface area contributed by atoms with Crippen LogP contribution in [0.25, 0.3) is 0 Å². The molecule has 2 aliphatic heterocycles. The maximum Gasteiger partial charge on any atom is 0.309 e. The highest BCUT2D eigenvalue weighted by atomic mass is 35.5. The molecule has 0 N–H and O–H groups in total. The molecule has 180 valence electrons. The first-order valence-electron chi connectivity index (χ1n) is 11.7.